The normalized spacial score (nSPS) is 17.4. The number of hydrogen-bond acceptors (Lipinski definition) is 10. The molecule has 0 unspecified atom stereocenters. The van der Waals surface area contributed by atoms with E-state index in [1.807, 2.05) is 48.7 Å². The van der Waals surface area contributed by atoms with Gasteiger partial charge < -0.3 is 49.7 Å². The van der Waals surface area contributed by atoms with Gasteiger partial charge in [-0.2, -0.15) is 0 Å². The Labute approximate surface area is 356 Å². The standard InChI is InChI=1S/2C23H24N2O6/c1-31-15-7-5-14(6-8-15)16-9-12-25-19(16)20(28)18(22(30)24-13-17(26)27)21(29)23(25)10-3-2-4-11-23;1-31-16-7-5-14(6-8-16)15-11-17-20(28)19(22(30)24-12-18(26)27)21(29)23(25(17)13-15)9-3-2-4-10-23/h5-9,12,28H,2-4,10-11,13H2,1H3,(H,24,30)(H,26,27);5-8,11,13,28H,2-4,9-10,12H2,1H3,(H,24,30)(H,26,27). The zero-order chi connectivity index (χ0) is 44.3. The van der Waals surface area contributed by atoms with Crippen molar-refractivity contribution in [3.63, 3.8) is 0 Å². The Hall–Kier alpha value is -7.10. The van der Waals surface area contributed by atoms with E-state index < -0.39 is 71.0 Å². The second-order valence-corrected chi connectivity index (χ2v) is 15.8. The number of nitrogens with zero attached hydrogens (tertiary/aromatic N) is 2. The molecule has 2 aliphatic heterocycles. The number of benzene rings is 2. The second kappa shape index (κ2) is 17.5. The summed E-state index contributed by atoms with van der Waals surface area (Å²) in [6.45, 7) is -1.27. The van der Waals surface area contributed by atoms with Crippen LogP contribution < -0.4 is 20.1 Å². The molecule has 8 rings (SSSR count). The third-order valence-electron chi connectivity index (χ3n) is 12.3. The molecule has 2 aromatic heterocycles. The predicted molar refractivity (Wildman–Crippen MR) is 225 cm³/mol. The minimum Gasteiger partial charge on any atom is -0.505 e. The van der Waals surface area contributed by atoms with Gasteiger partial charge in [-0.3, -0.25) is 28.8 Å². The summed E-state index contributed by atoms with van der Waals surface area (Å²) in [5.41, 5.74) is 1.28. The van der Waals surface area contributed by atoms with E-state index >= 15 is 0 Å². The van der Waals surface area contributed by atoms with E-state index in [0.717, 1.165) is 55.2 Å². The zero-order valence-corrected chi connectivity index (χ0v) is 34.4. The molecule has 0 atom stereocenters. The molecular weight excluding hydrogens is 801 g/mol. The lowest BCUT2D eigenvalue weighted by Crippen LogP contribution is -2.50. The number of ketones is 2. The van der Waals surface area contributed by atoms with Crippen molar-refractivity contribution in [2.75, 3.05) is 27.3 Å². The highest BCUT2D eigenvalue weighted by Crippen LogP contribution is 2.48. The molecule has 324 valence electrons. The number of methoxy groups -OCH3 is 2. The number of aliphatic carboxylic acids is 2. The molecule has 0 saturated heterocycles. The van der Waals surface area contributed by atoms with E-state index in [0.29, 0.717) is 54.1 Å². The number of aliphatic hydroxyl groups excluding tert-OH is 2. The highest BCUT2D eigenvalue weighted by Gasteiger charge is 2.51. The highest BCUT2D eigenvalue weighted by atomic mass is 16.5. The Morgan fingerprint density at radius 1 is 0.613 bits per heavy atom. The molecule has 2 fully saturated rings. The van der Waals surface area contributed by atoms with Crippen molar-refractivity contribution in [1.82, 2.24) is 19.8 Å². The molecule has 2 aromatic carbocycles. The minimum atomic E-state index is -1.23. The molecule has 4 aromatic rings. The average Bonchev–Trinajstić information content (AvgIpc) is 3.95. The van der Waals surface area contributed by atoms with Crippen LogP contribution in [-0.4, -0.2) is 92.2 Å². The molecule has 2 aliphatic carbocycles. The molecule has 2 saturated carbocycles. The molecular formula is C46H48N4O12. The molecule has 0 bridgehead atoms. The first-order chi connectivity index (χ1) is 29.8. The lowest BCUT2D eigenvalue weighted by molar-refractivity contribution is -0.138. The van der Waals surface area contributed by atoms with Crippen LogP contribution in [-0.2, 0) is 39.8 Å². The van der Waals surface area contributed by atoms with Crippen LogP contribution in [0.4, 0.5) is 0 Å². The van der Waals surface area contributed by atoms with Gasteiger partial charge in [0.1, 0.15) is 46.8 Å². The first kappa shape index (κ1) is 43.0. The number of carbonyl (C=O) groups excluding carboxylic acids is 4. The van der Waals surface area contributed by atoms with Crippen molar-refractivity contribution in [1.29, 1.82) is 0 Å². The van der Waals surface area contributed by atoms with Crippen LogP contribution in [0.2, 0.25) is 0 Å². The first-order valence-electron chi connectivity index (χ1n) is 20.5. The zero-order valence-electron chi connectivity index (χ0n) is 34.4. The molecule has 62 heavy (non-hydrogen) atoms. The fourth-order valence-corrected chi connectivity index (χ4v) is 9.24. The number of ether oxygens (including phenoxy) is 2. The number of aliphatic hydroxyl groups is 2. The number of hydrogen-bond donors (Lipinski definition) is 6. The van der Waals surface area contributed by atoms with Crippen molar-refractivity contribution < 1.29 is 58.7 Å². The fraction of sp³-hybridized carbons (Fsp3) is 0.348. The molecule has 6 N–H and O–H groups in total. The van der Waals surface area contributed by atoms with Gasteiger partial charge in [0.25, 0.3) is 11.8 Å². The number of aromatic nitrogens is 2. The predicted octanol–water partition coefficient (Wildman–Crippen LogP) is 5.75. The maximum Gasteiger partial charge on any atom is 0.322 e. The summed E-state index contributed by atoms with van der Waals surface area (Å²) >= 11 is 0. The number of nitrogens with one attached hydrogen (secondary N) is 2. The second-order valence-electron chi connectivity index (χ2n) is 15.8. The SMILES string of the molecule is COc1ccc(-c2cc3n(c2)C2(CCCCC2)C(=O)C(C(=O)NCC(=O)O)=C3O)cc1.COc1ccc(-c2ccn3c2C(O)=C(C(=O)NCC(=O)O)C(=O)C32CCCCC2)cc1. The summed E-state index contributed by atoms with van der Waals surface area (Å²) in [6, 6.07) is 18.3. The van der Waals surface area contributed by atoms with Crippen molar-refractivity contribution in [3.05, 3.63) is 95.6 Å². The summed E-state index contributed by atoms with van der Waals surface area (Å²) in [4.78, 5) is 74.3. The van der Waals surface area contributed by atoms with Crippen LogP contribution in [0.25, 0.3) is 33.8 Å². The number of carbonyl (C=O) groups is 6. The van der Waals surface area contributed by atoms with Gasteiger partial charge in [0.15, 0.2) is 23.1 Å². The summed E-state index contributed by atoms with van der Waals surface area (Å²) in [6.07, 6.45) is 11.1. The third kappa shape index (κ3) is 7.72. The largest absolute Gasteiger partial charge is 0.505 e. The maximum atomic E-state index is 13.5. The third-order valence-corrected chi connectivity index (χ3v) is 12.3. The smallest absolute Gasteiger partial charge is 0.322 e. The molecule has 2 spiro atoms. The van der Waals surface area contributed by atoms with Gasteiger partial charge >= 0.3 is 11.9 Å². The average molecular weight is 849 g/mol. The van der Waals surface area contributed by atoms with Crippen LogP contribution in [0.1, 0.15) is 75.6 Å². The van der Waals surface area contributed by atoms with Gasteiger partial charge in [-0.25, -0.2) is 0 Å². The molecule has 16 nitrogen and oxygen atoms in total. The monoisotopic (exact) mass is 848 g/mol. The molecule has 2 amide bonds. The van der Waals surface area contributed by atoms with Crippen LogP contribution in [0.3, 0.4) is 0 Å². The van der Waals surface area contributed by atoms with E-state index in [1.165, 1.54) is 0 Å². The molecule has 4 aliphatic rings. The van der Waals surface area contributed by atoms with Crippen LogP contribution in [0, 0.1) is 0 Å². The molecule has 16 heteroatoms. The molecule has 0 radical (unpaired) electrons. The Bertz CT molecular complexity index is 2480. The van der Waals surface area contributed by atoms with Gasteiger partial charge in [-0.1, -0.05) is 62.8 Å². The van der Waals surface area contributed by atoms with Crippen molar-refractivity contribution in [3.8, 4) is 33.8 Å². The van der Waals surface area contributed by atoms with E-state index in [4.69, 9.17) is 19.7 Å². The van der Waals surface area contributed by atoms with Crippen molar-refractivity contribution in [2.24, 2.45) is 0 Å². The Morgan fingerprint density at radius 2 is 1.06 bits per heavy atom. The van der Waals surface area contributed by atoms with E-state index in [-0.39, 0.29) is 11.1 Å². The van der Waals surface area contributed by atoms with Crippen LogP contribution >= 0.6 is 0 Å². The Kier molecular flexibility index (Phi) is 12.1. The van der Waals surface area contributed by atoms with E-state index in [9.17, 15) is 39.0 Å². The summed E-state index contributed by atoms with van der Waals surface area (Å²) in [5.74, 6) is -4.58. The number of rotatable bonds is 10. The Morgan fingerprint density at radius 3 is 1.53 bits per heavy atom. The summed E-state index contributed by atoms with van der Waals surface area (Å²) < 4.78 is 14.0. The number of carboxylic acids is 2. The van der Waals surface area contributed by atoms with E-state index in [2.05, 4.69) is 10.6 Å². The summed E-state index contributed by atoms with van der Waals surface area (Å²) in [7, 11) is 3.16. The number of amides is 2. The lowest BCUT2D eigenvalue weighted by atomic mass is 9.73. The summed E-state index contributed by atoms with van der Waals surface area (Å²) in [5, 5.41) is 44.2. The maximum absolute atomic E-state index is 13.5. The lowest BCUT2D eigenvalue weighted by Gasteiger charge is -2.41. The number of carboxylic acid groups (broad SMARTS) is 2. The molecule has 4 heterocycles. The van der Waals surface area contributed by atoms with E-state index in [1.54, 1.807) is 47.7 Å². The van der Waals surface area contributed by atoms with Crippen molar-refractivity contribution in [2.45, 2.75) is 75.3 Å². The van der Waals surface area contributed by atoms with Gasteiger partial charge in [0.2, 0.25) is 0 Å². The van der Waals surface area contributed by atoms with Crippen LogP contribution in [0.15, 0.2) is 84.2 Å². The number of Topliss-reactive ketones (excluding diaryl/α,β-unsaturated/α-hetero) is 2. The highest BCUT2D eigenvalue weighted by molar-refractivity contribution is 6.28. The topological polar surface area (TPSA) is 236 Å². The van der Waals surface area contributed by atoms with Gasteiger partial charge in [0.05, 0.1) is 25.6 Å². The van der Waals surface area contributed by atoms with Gasteiger partial charge in [0, 0.05) is 23.5 Å². The minimum absolute atomic E-state index is 0.366. The van der Waals surface area contributed by atoms with Crippen LogP contribution in [0.5, 0.6) is 11.5 Å². The first-order valence-corrected chi connectivity index (χ1v) is 20.5. The van der Waals surface area contributed by atoms with Gasteiger partial charge in [-0.15, -0.1) is 0 Å². The fourth-order valence-electron chi connectivity index (χ4n) is 9.24. The van der Waals surface area contributed by atoms with Crippen molar-refractivity contribution >= 4 is 46.8 Å². The quantitative estimate of drug-likeness (QED) is 0.105. The number of fused-ring (bicyclic) bond motifs is 4. The van der Waals surface area contributed by atoms with Gasteiger partial charge in [-0.05, 0) is 73.2 Å². The Balaban J connectivity index is 0.000000186.